The lowest BCUT2D eigenvalue weighted by Crippen LogP contribution is -1.94. The van der Waals surface area contributed by atoms with Crippen molar-refractivity contribution >= 4 is 32.3 Å². The van der Waals surface area contributed by atoms with Gasteiger partial charge in [-0.3, -0.25) is 0 Å². The molecule has 0 saturated carbocycles. The Morgan fingerprint density at radius 3 is 1.22 bits per heavy atom. The van der Waals surface area contributed by atoms with Crippen molar-refractivity contribution in [2.75, 3.05) is 0 Å². The van der Waals surface area contributed by atoms with Gasteiger partial charge in [-0.2, -0.15) is 0 Å². The van der Waals surface area contributed by atoms with Gasteiger partial charge in [0, 0.05) is 0 Å². The second-order valence-corrected chi connectivity index (χ2v) is 13.0. The Balaban J connectivity index is 1.39. The predicted octanol–water partition coefficient (Wildman–Crippen LogP) is 13.8. The van der Waals surface area contributed by atoms with Gasteiger partial charge in [-0.1, -0.05) is 158 Å². The summed E-state index contributed by atoms with van der Waals surface area (Å²) < 4.78 is 0. The fourth-order valence-electron chi connectivity index (χ4n) is 7.59. The molecule has 0 N–H and O–H groups in total. The van der Waals surface area contributed by atoms with Gasteiger partial charge in [0.15, 0.2) is 0 Å². The first kappa shape index (κ1) is 28.9. The molecule has 0 heteroatoms. The molecule has 0 radical (unpaired) electrons. The topological polar surface area (TPSA) is 0 Å². The zero-order valence-electron chi connectivity index (χ0n) is 27.4. The molecule has 0 unspecified atom stereocenters. The van der Waals surface area contributed by atoms with Crippen LogP contribution in [0.15, 0.2) is 188 Å². The van der Waals surface area contributed by atoms with Crippen LogP contribution in [0.4, 0.5) is 0 Å². The van der Waals surface area contributed by atoms with E-state index in [0.29, 0.717) is 0 Å². The minimum Gasteiger partial charge on any atom is -0.0622 e. The van der Waals surface area contributed by atoms with Crippen molar-refractivity contribution < 1.29 is 0 Å². The van der Waals surface area contributed by atoms with E-state index in [9.17, 15) is 0 Å². The molecule has 0 bridgehead atoms. The summed E-state index contributed by atoms with van der Waals surface area (Å²) >= 11 is 0. The number of rotatable bonds is 5. The van der Waals surface area contributed by atoms with Gasteiger partial charge in [0.1, 0.15) is 0 Å². The summed E-state index contributed by atoms with van der Waals surface area (Å²) in [6, 6.07) is 68.9. The maximum absolute atomic E-state index is 2.42. The second-order valence-electron chi connectivity index (χ2n) is 13.0. The van der Waals surface area contributed by atoms with E-state index in [1.165, 1.54) is 93.5 Å². The molecule has 0 aromatic heterocycles. The van der Waals surface area contributed by atoms with E-state index >= 15 is 0 Å². The first-order valence-corrected chi connectivity index (χ1v) is 17.0. The van der Waals surface area contributed by atoms with Crippen molar-refractivity contribution in [3.63, 3.8) is 0 Å². The summed E-state index contributed by atoms with van der Waals surface area (Å²) in [5.41, 5.74) is 13.7. The summed E-state index contributed by atoms with van der Waals surface area (Å²) in [7, 11) is 0. The fourth-order valence-corrected chi connectivity index (χ4v) is 7.59. The molecular weight excluding hydrogens is 589 g/mol. The monoisotopic (exact) mass is 622 g/mol. The Morgan fingerprint density at radius 1 is 0.265 bits per heavy atom. The summed E-state index contributed by atoms with van der Waals surface area (Å²) in [6.07, 6.45) is 0. The van der Waals surface area contributed by atoms with Gasteiger partial charge in [0.2, 0.25) is 0 Å². The first-order valence-electron chi connectivity index (χ1n) is 17.0. The van der Waals surface area contributed by atoms with Crippen LogP contribution >= 0.6 is 0 Å². The van der Waals surface area contributed by atoms with Crippen LogP contribution in [0.2, 0.25) is 0 Å². The van der Waals surface area contributed by atoms with Crippen LogP contribution in [0.25, 0.3) is 88.0 Å². The van der Waals surface area contributed by atoms with E-state index in [-0.39, 0.29) is 0 Å². The van der Waals surface area contributed by atoms with Gasteiger partial charge in [-0.05, 0) is 131 Å². The largest absolute Gasteiger partial charge is 0.0622 e. The van der Waals surface area contributed by atoms with Crippen LogP contribution in [0, 0.1) is 6.92 Å². The molecule has 230 valence electrons. The predicted molar refractivity (Wildman–Crippen MR) is 211 cm³/mol. The van der Waals surface area contributed by atoms with Gasteiger partial charge in [0.25, 0.3) is 0 Å². The zero-order chi connectivity index (χ0) is 32.7. The molecule has 0 aliphatic rings. The van der Waals surface area contributed by atoms with Gasteiger partial charge in [-0.25, -0.2) is 0 Å². The number of aryl methyl sites for hydroxylation is 1. The second kappa shape index (κ2) is 12.1. The van der Waals surface area contributed by atoms with Gasteiger partial charge < -0.3 is 0 Å². The minimum absolute atomic E-state index is 1.21. The lowest BCUT2D eigenvalue weighted by molar-refractivity contribution is 1.47. The van der Waals surface area contributed by atoms with Crippen molar-refractivity contribution in [2.24, 2.45) is 0 Å². The third-order valence-corrected chi connectivity index (χ3v) is 9.93. The number of fused-ring (bicyclic) bond motifs is 3. The van der Waals surface area contributed by atoms with Crippen LogP contribution in [0.3, 0.4) is 0 Å². The Kier molecular flexibility index (Phi) is 7.14. The summed E-state index contributed by atoms with van der Waals surface area (Å²) in [5.74, 6) is 0. The van der Waals surface area contributed by atoms with E-state index < -0.39 is 0 Å². The van der Waals surface area contributed by atoms with E-state index in [2.05, 4.69) is 195 Å². The molecule has 9 aromatic rings. The Hall–Kier alpha value is -6.24. The van der Waals surface area contributed by atoms with E-state index in [0.717, 1.165) is 0 Å². The van der Waals surface area contributed by atoms with Gasteiger partial charge in [-0.15, -0.1) is 0 Å². The van der Waals surface area contributed by atoms with Gasteiger partial charge >= 0.3 is 0 Å². The van der Waals surface area contributed by atoms with Crippen molar-refractivity contribution in [2.45, 2.75) is 6.92 Å². The van der Waals surface area contributed by atoms with E-state index in [1.54, 1.807) is 0 Å². The molecule has 0 nitrogen and oxygen atoms in total. The van der Waals surface area contributed by atoms with Crippen LogP contribution < -0.4 is 0 Å². The first-order chi connectivity index (χ1) is 24.2. The van der Waals surface area contributed by atoms with Crippen LogP contribution in [0.1, 0.15) is 5.56 Å². The summed E-state index contributed by atoms with van der Waals surface area (Å²) in [6.45, 7) is 2.26. The average Bonchev–Trinajstić information content (AvgIpc) is 3.17. The summed E-state index contributed by atoms with van der Waals surface area (Å²) in [5, 5.41) is 7.56. The van der Waals surface area contributed by atoms with E-state index in [4.69, 9.17) is 0 Å². The number of hydrogen-bond donors (Lipinski definition) is 0. The molecule has 49 heavy (non-hydrogen) atoms. The smallest absolute Gasteiger partial charge is 0.00235 e. The normalized spacial score (nSPS) is 11.4. The average molecular weight is 623 g/mol. The molecule has 0 aliphatic carbocycles. The van der Waals surface area contributed by atoms with Gasteiger partial charge in [0.05, 0.1) is 0 Å². The molecule has 0 amide bonds. The molecule has 0 fully saturated rings. The Bertz CT molecular complexity index is 2570. The van der Waals surface area contributed by atoms with Crippen molar-refractivity contribution in [3.8, 4) is 55.6 Å². The quantitative estimate of drug-likeness (QED) is 0.168. The number of benzene rings is 9. The van der Waals surface area contributed by atoms with E-state index in [1.807, 2.05) is 0 Å². The highest BCUT2D eigenvalue weighted by Gasteiger charge is 2.20. The minimum atomic E-state index is 1.21. The third-order valence-electron chi connectivity index (χ3n) is 9.93. The van der Waals surface area contributed by atoms with Crippen LogP contribution in [0.5, 0.6) is 0 Å². The molecular formula is C49H34. The molecule has 0 saturated heterocycles. The standard InChI is InChI=1S/C49H34/c1-33-27-39(34-15-5-2-6-16-34)25-26-43(33)49-45-24-14-13-23-44(45)48(46-31-37-21-11-12-22-38(37)32-47(46)49)42-29-40(35-17-7-3-8-18-35)28-41(30-42)36-19-9-4-10-20-36/h2-32H,1H3. The molecule has 0 spiro atoms. The third kappa shape index (κ3) is 5.19. The highest BCUT2D eigenvalue weighted by atomic mass is 14.2. The highest BCUT2D eigenvalue weighted by Crippen LogP contribution is 2.47. The fraction of sp³-hybridized carbons (Fsp3) is 0.0204. The Morgan fingerprint density at radius 2 is 0.694 bits per heavy atom. The molecule has 0 aliphatic heterocycles. The van der Waals surface area contributed by atoms with Crippen LogP contribution in [-0.2, 0) is 0 Å². The van der Waals surface area contributed by atoms with Crippen molar-refractivity contribution in [1.29, 1.82) is 0 Å². The highest BCUT2D eigenvalue weighted by molar-refractivity contribution is 6.24. The van der Waals surface area contributed by atoms with Crippen molar-refractivity contribution in [3.05, 3.63) is 194 Å². The van der Waals surface area contributed by atoms with Crippen LogP contribution in [-0.4, -0.2) is 0 Å². The molecule has 9 aromatic carbocycles. The molecule has 0 atom stereocenters. The lowest BCUT2D eigenvalue weighted by atomic mass is 9.82. The SMILES string of the molecule is Cc1cc(-c2ccccc2)ccc1-c1c2ccccc2c(-c2cc(-c3ccccc3)cc(-c3ccccc3)c2)c2cc3ccccc3cc12. The molecule has 0 heterocycles. The maximum Gasteiger partial charge on any atom is -0.00235 e. The number of hydrogen-bond acceptors (Lipinski definition) is 0. The Labute approximate surface area is 287 Å². The molecule has 9 rings (SSSR count). The van der Waals surface area contributed by atoms with Crippen molar-refractivity contribution in [1.82, 2.24) is 0 Å². The lowest BCUT2D eigenvalue weighted by Gasteiger charge is -2.21. The maximum atomic E-state index is 2.42. The zero-order valence-corrected chi connectivity index (χ0v) is 27.4. The summed E-state index contributed by atoms with van der Waals surface area (Å²) in [4.78, 5) is 0.